The molecule has 2 aromatic rings. The van der Waals surface area contributed by atoms with Gasteiger partial charge in [0, 0.05) is 5.57 Å². The number of aliphatic hydroxyl groups is 2. The zero-order chi connectivity index (χ0) is 23.9. The summed E-state index contributed by atoms with van der Waals surface area (Å²) in [5.41, 5.74) is 3.94. The highest BCUT2D eigenvalue weighted by Gasteiger charge is 1.93. The first kappa shape index (κ1) is 30.0. The van der Waals surface area contributed by atoms with Gasteiger partial charge in [-0.1, -0.05) is 105 Å². The molecule has 0 atom stereocenters. The van der Waals surface area contributed by atoms with Gasteiger partial charge in [-0.3, -0.25) is 0 Å². The molecular weight excluding hydrogens is 388 g/mol. The van der Waals surface area contributed by atoms with Crippen molar-refractivity contribution in [2.24, 2.45) is 0 Å². The van der Waals surface area contributed by atoms with Crippen molar-refractivity contribution in [3.8, 4) is 0 Å². The molecule has 0 spiro atoms. The Morgan fingerprint density at radius 3 is 1.65 bits per heavy atom. The summed E-state index contributed by atoms with van der Waals surface area (Å²) in [5.74, 6) is -0.845. The molecule has 0 unspecified atom stereocenters. The van der Waals surface area contributed by atoms with E-state index in [9.17, 15) is 4.79 Å². The van der Waals surface area contributed by atoms with Crippen LogP contribution in [0.15, 0.2) is 85.5 Å². The number of carbonyl (C=O) groups is 1. The van der Waals surface area contributed by atoms with E-state index in [1.54, 1.807) is 19.9 Å². The monoisotopic (exact) mass is 424 g/mol. The quantitative estimate of drug-likeness (QED) is 0.490. The molecule has 0 aliphatic rings. The molecule has 0 heterocycles. The summed E-state index contributed by atoms with van der Waals surface area (Å²) in [4.78, 5) is 9.86. The Morgan fingerprint density at radius 2 is 1.35 bits per heavy atom. The number of aliphatic carboxylic acids is 1. The lowest BCUT2D eigenvalue weighted by Crippen LogP contribution is -1.93. The molecule has 4 heteroatoms. The summed E-state index contributed by atoms with van der Waals surface area (Å²) in [6, 6.07) is 18.4. The van der Waals surface area contributed by atoms with Crippen LogP contribution in [-0.4, -0.2) is 34.5 Å². The number of allylic oxidation sites excluding steroid dienone is 2. The first-order valence-electron chi connectivity index (χ1n) is 10.0. The van der Waals surface area contributed by atoms with Gasteiger partial charge in [-0.2, -0.15) is 0 Å². The van der Waals surface area contributed by atoms with Crippen molar-refractivity contribution in [1.82, 2.24) is 0 Å². The van der Waals surface area contributed by atoms with Crippen molar-refractivity contribution in [2.75, 3.05) is 13.2 Å². The number of rotatable bonds is 6. The number of carboxylic acid groups (broad SMARTS) is 1. The smallest absolute Gasteiger partial charge is 0.330 e. The fourth-order valence-corrected chi connectivity index (χ4v) is 1.82. The lowest BCUT2D eigenvalue weighted by molar-refractivity contribution is -0.132. The number of carboxylic acids is 1. The first-order chi connectivity index (χ1) is 14.9. The normalized spacial score (nSPS) is 9.77. The Bertz CT molecular complexity index is 761. The molecule has 0 saturated heterocycles. The van der Waals surface area contributed by atoms with Gasteiger partial charge in [-0.05, 0) is 37.0 Å². The Hall–Kier alpha value is -3.21. The van der Waals surface area contributed by atoms with Crippen LogP contribution >= 0.6 is 0 Å². The molecule has 31 heavy (non-hydrogen) atoms. The molecule has 0 bridgehead atoms. The highest BCUT2D eigenvalue weighted by Crippen LogP contribution is 2.10. The van der Waals surface area contributed by atoms with Crippen LogP contribution in [0.2, 0.25) is 0 Å². The second kappa shape index (κ2) is 21.5. The fraction of sp³-hybridized carbons (Fsp3) is 0.222. The van der Waals surface area contributed by atoms with Crippen molar-refractivity contribution < 1.29 is 20.1 Å². The third-order valence-corrected chi connectivity index (χ3v) is 3.65. The van der Waals surface area contributed by atoms with Crippen LogP contribution in [0.1, 0.15) is 43.9 Å². The molecule has 0 fully saturated rings. The predicted octanol–water partition coefficient (Wildman–Crippen LogP) is 6.09. The molecule has 0 aliphatic carbocycles. The maximum absolute atomic E-state index is 9.86. The van der Waals surface area contributed by atoms with E-state index in [0.717, 1.165) is 17.5 Å². The zero-order valence-corrected chi connectivity index (χ0v) is 18.9. The van der Waals surface area contributed by atoms with Gasteiger partial charge in [0.2, 0.25) is 0 Å². The second-order valence-corrected chi connectivity index (χ2v) is 5.98. The fourth-order valence-electron chi connectivity index (χ4n) is 1.82. The van der Waals surface area contributed by atoms with Gasteiger partial charge in [0.05, 0.1) is 13.2 Å². The maximum atomic E-state index is 9.86. The van der Waals surface area contributed by atoms with Crippen LogP contribution in [0.3, 0.4) is 0 Å². The number of aliphatic hydroxyl groups excluding tert-OH is 2. The van der Waals surface area contributed by atoms with Crippen LogP contribution in [0.4, 0.5) is 0 Å². The predicted molar refractivity (Wildman–Crippen MR) is 134 cm³/mol. The molecule has 0 amide bonds. The van der Waals surface area contributed by atoms with E-state index in [-0.39, 0.29) is 13.2 Å². The standard InChI is InChI=1S/C10H10.C10H12.C5H8O2.C2H6O2/c1-3-9-7-5-6-8-10(9)4-2;1-2-3-7-10-8-5-4-6-9-10;1-3-4(2)5(6)7;3-1-2-4/h3-8H,1-2H2;3-9H,2H2,1H3;3H,1-2H3,(H,6,7);3-4H,1-2H2. The number of benzene rings is 2. The highest BCUT2D eigenvalue weighted by atomic mass is 16.4. The first-order valence-corrected chi connectivity index (χ1v) is 10.0. The molecule has 3 N–H and O–H groups in total. The topological polar surface area (TPSA) is 77.8 Å². The van der Waals surface area contributed by atoms with Crippen LogP contribution in [0.25, 0.3) is 18.2 Å². The van der Waals surface area contributed by atoms with E-state index in [0.29, 0.717) is 5.57 Å². The Kier molecular flexibility index (Phi) is 20.8. The summed E-state index contributed by atoms with van der Waals surface area (Å²) < 4.78 is 0. The summed E-state index contributed by atoms with van der Waals surface area (Å²) in [7, 11) is 0. The molecular formula is C27H36O4. The van der Waals surface area contributed by atoms with Crippen LogP contribution in [-0.2, 0) is 4.79 Å². The van der Waals surface area contributed by atoms with E-state index in [4.69, 9.17) is 15.3 Å². The van der Waals surface area contributed by atoms with E-state index < -0.39 is 5.97 Å². The Labute approximate surface area is 187 Å². The third-order valence-electron chi connectivity index (χ3n) is 3.65. The maximum Gasteiger partial charge on any atom is 0.330 e. The van der Waals surface area contributed by atoms with E-state index in [1.807, 2.05) is 42.5 Å². The Morgan fingerprint density at radius 1 is 0.903 bits per heavy atom. The summed E-state index contributed by atoms with van der Waals surface area (Å²) in [6.45, 7) is 12.5. The molecule has 0 saturated carbocycles. The number of hydrogen-bond acceptors (Lipinski definition) is 3. The van der Waals surface area contributed by atoms with Crippen LogP contribution in [0, 0.1) is 0 Å². The van der Waals surface area contributed by atoms with Crippen molar-refractivity contribution in [3.05, 3.63) is 102 Å². The molecule has 0 aromatic heterocycles. The molecule has 168 valence electrons. The summed E-state index contributed by atoms with van der Waals surface area (Å²) in [6.07, 6.45) is 10.6. The van der Waals surface area contributed by atoms with Gasteiger partial charge in [-0.15, -0.1) is 0 Å². The van der Waals surface area contributed by atoms with Gasteiger partial charge in [0.25, 0.3) is 0 Å². The van der Waals surface area contributed by atoms with E-state index >= 15 is 0 Å². The van der Waals surface area contributed by atoms with Crippen molar-refractivity contribution in [2.45, 2.75) is 27.2 Å². The van der Waals surface area contributed by atoms with Gasteiger partial charge < -0.3 is 15.3 Å². The van der Waals surface area contributed by atoms with E-state index in [1.165, 1.54) is 5.56 Å². The van der Waals surface area contributed by atoms with E-state index in [2.05, 4.69) is 56.5 Å². The molecule has 2 rings (SSSR count). The SMILES string of the molecule is C=Cc1ccccc1C=C.CC=C(C)C(=O)O.CCC=Cc1ccccc1.OCCO. The highest BCUT2D eigenvalue weighted by molar-refractivity contribution is 5.85. The third kappa shape index (κ3) is 17.4. The molecule has 4 nitrogen and oxygen atoms in total. The minimum Gasteiger partial charge on any atom is -0.478 e. The average molecular weight is 425 g/mol. The van der Waals surface area contributed by atoms with Crippen molar-refractivity contribution >= 4 is 24.2 Å². The largest absolute Gasteiger partial charge is 0.478 e. The van der Waals surface area contributed by atoms with Gasteiger partial charge in [0.15, 0.2) is 0 Å². The van der Waals surface area contributed by atoms with Gasteiger partial charge in [-0.25, -0.2) is 4.79 Å². The average Bonchev–Trinajstić information content (AvgIpc) is 2.83. The zero-order valence-electron chi connectivity index (χ0n) is 18.9. The Balaban J connectivity index is 0. The lowest BCUT2D eigenvalue weighted by atomic mass is 10.1. The minimum atomic E-state index is -0.845. The van der Waals surface area contributed by atoms with Crippen LogP contribution in [0.5, 0.6) is 0 Å². The minimum absolute atomic E-state index is 0.125. The summed E-state index contributed by atoms with van der Waals surface area (Å²) in [5, 5.41) is 23.4. The number of hydrogen-bond donors (Lipinski definition) is 3. The lowest BCUT2D eigenvalue weighted by Gasteiger charge is -1.96. The molecule has 0 aliphatic heterocycles. The molecule has 0 radical (unpaired) electrons. The summed E-state index contributed by atoms with van der Waals surface area (Å²) >= 11 is 0. The van der Waals surface area contributed by atoms with Gasteiger partial charge >= 0.3 is 5.97 Å². The molecule has 2 aromatic carbocycles. The van der Waals surface area contributed by atoms with Crippen molar-refractivity contribution in [3.63, 3.8) is 0 Å². The van der Waals surface area contributed by atoms with Crippen molar-refractivity contribution in [1.29, 1.82) is 0 Å². The van der Waals surface area contributed by atoms with Crippen LogP contribution < -0.4 is 0 Å². The van der Waals surface area contributed by atoms with Gasteiger partial charge in [0.1, 0.15) is 0 Å². The second-order valence-electron chi connectivity index (χ2n) is 5.98.